The number of carbonyl (C=O) groups is 1. The molecule has 2 aromatic carbocycles. The molecular formula is C15H15FN2O2. The van der Waals surface area contributed by atoms with Gasteiger partial charge in [0.05, 0.1) is 0 Å². The Morgan fingerprint density at radius 1 is 1.25 bits per heavy atom. The number of hydrogen-bond donors (Lipinski definition) is 3. The van der Waals surface area contributed by atoms with Gasteiger partial charge in [-0.1, -0.05) is 6.07 Å². The fourth-order valence-corrected chi connectivity index (χ4v) is 1.81. The van der Waals surface area contributed by atoms with E-state index in [0.29, 0.717) is 11.1 Å². The normalized spacial score (nSPS) is 10.1. The van der Waals surface area contributed by atoms with E-state index in [2.05, 4.69) is 10.6 Å². The van der Waals surface area contributed by atoms with Gasteiger partial charge >= 0.3 is 0 Å². The summed E-state index contributed by atoms with van der Waals surface area (Å²) in [6, 6.07) is 10.7. The van der Waals surface area contributed by atoms with Gasteiger partial charge in [0.2, 0.25) is 0 Å². The molecule has 5 heteroatoms. The maximum atomic E-state index is 13.1. The second-order valence-corrected chi connectivity index (χ2v) is 4.29. The first kappa shape index (κ1) is 13.9. The summed E-state index contributed by atoms with van der Waals surface area (Å²) in [4.78, 5) is 11.5. The van der Waals surface area contributed by atoms with Crippen molar-refractivity contribution in [2.75, 3.05) is 12.4 Å². The van der Waals surface area contributed by atoms with Crippen molar-refractivity contribution in [3.63, 3.8) is 0 Å². The molecule has 0 saturated carbocycles. The van der Waals surface area contributed by atoms with Crippen molar-refractivity contribution in [3.05, 3.63) is 59.4 Å². The third kappa shape index (κ3) is 3.26. The lowest BCUT2D eigenvalue weighted by Crippen LogP contribution is -2.17. The Morgan fingerprint density at radius 3 is 2.80 bits per heavy atom. The lowest BCUT2D eigenvalue weighted by atomic mass is 10.1. The summed E-state index contributed by atoms with van der Waals surface area (Å²) in [5, 5.41) is 15.2. The van der Waals surface area contributed by atoms with Gasteiger partial charge in [-0.05, 0) is 36.4 Å². The number of benzene rings is 2. The van der Waals surface area contributed by atoms with Crippen LogP contribution in [0.4, 0.5) is 10.1 Å². The van der Waals surface area contributed by atoms with Crippen LogP contribution < -0.4 is 10.6 Å². The molecule has 0 spiro atoms. The summed E-state index contributed by atoms with van der Waals surface area (Å²) in [6.07, 6.45) is 0. The van der Waals surface area contributed by atoms with Gasteiger partial charge in [-0.15, -0.1) is 0 Å². The van der Waals surface area contributed by atoms with Crippen LogP contribution in [0.15, 0.2) is 42.5 Å². The van der Waals surface area contributed by atoms with E-state index in [1.165, 1.54) is 18.2 Å². The maximum Gasteiger partial charge on any atom is 0.251 e. The summed E-state index contributed by atoms with van der Waals surface area (Å²) in [5.74, 6) is -0.553. The van der Waals surface area contributed by atoms with Crippen LogP contribution in [-0.4, -0.2) is 18.1 Å². The molecule has 0 atom stereocenters. The molecule has 4 nitrogen and oxygen atoms in total. The van der Waals surface area contributed by atoms with E-state index < -0.39 is 5.82 Å². The Labute approximate surface area is 116 Å². The lowest BCUT2D eigenvalue weighted by molar-refractivity contribution is 0.0963. The third-order valence-electron chi connectivity index (χ3n) is 2.88. The predicted octanol–water partition coefficient (Wildman–Crippen LogP) is 2.50. The lowest BCUT2D eigenvalue weighted by Gasteiger charge is -2.09. The third-order valence-corrected chi connectivity index (χ3v) is 2.88. The second kappa shape index (κ2) is 6.06. The van der Waals surface area contributed by atoms with Crippen LogP contribution in [-0.2, 0) is 6.54 Å². The largest absolute Gasteiger partial charge is 0.508 e. The second-order valence-electron chi connectivity index (χ2n) is 4.29. The summed E-state index contributed by atoms with van der Waals surface area (Å²) in [7, 11) is 1.56. The van der Waals surface area contributed by atoms with Crippen LogP contribution in [0.5, 0.6) is 5.75 Å². The van der Waals surface area contributed by atoms with Crippen LogP contribution in [0.3, 0.4) is 0 Å². The van der Waals surface area contributed by atoms with Crippen LogP contribution in [0.1, 0.15) is 15.9 Å². The van der Waals surface area contributed by atoms with Gasteiger partial charge in [0.25, 0.3) is 5.91 Å². The molecular weight excluding hydrogens is 259 g/mol. The number of hydrogen-bond acceptors (Lipinski definition) is 3. The van der Waals surface area contributed by atoms with E-state index in [-0.39, 0.29) is 18.2 Å². The number of phenols is 1. The van der Waals surface area contributed by atoms with Crippen LogP contribution in [0.2, 0.25) is 0 Å². The van der Waals surface area contributed by atoms with Crippen molar-refractivity contribution in [1.82, 2.24) is 5.32 Å². The van der Waals surface area contributed by atoms with E-state index in [1.807, 2.05) is 0 Å². The van der Waals surface area contributed by atoms with Gasteiger partial charge in [0, 0.05) is 30.4 Å². The Morgan fingerprint density at radius 2 is 2.05 bits per heavy atom. The number of carbonyl (C=O) groups excluding carboxylic acids is 1. The Hall–Kier alpha value is -2.56. The molecule has 104 valence electrons. The molecule has 0 unspecified atom stereocenters. The summed E-state index contributed by atoms with van der Waals surface area (Å²) >= 11 is 0. The van der Waals surface area contributed by atoms with E-state index in [4.69, 9.17) is 0 Å². The van der Waals surface area contributed by atoms with Crippen molar-refractivity contribution in [2.45, 2.75) is 6.54 Å². The van der Waals surface area contributed by atoms with Crippen molar-refractivity contribution in [3.8, 4) is 5.75 Å². The van der Waals surface area contributed by atoms with Crippen LogP contribution in [0.25, 0.3) is 0 Å². The minimum Gasteiger partial charge on any atom is -0.508 e. The smallest absolute Gasteiger partial charge is 0.251 e. The molecule has 0 saturated heterocycles. The zero-order chi connectivity index (χ0) is 14.5. The van der Waals surface area contributed by atoms with E-state index in [0.717, 1.165) is 5.69 Å². The molecule has 0 fully saturated rings. The zero-order valence-corrected chi connectivity index (χ0v) is 11.0. The maximum absolute atomic E-state index is 13.1. The highest BCUT2D eigenvalue weighted by molar-refractivity contribution is 5.94. The van der Waals surface area contributed by atoms with Crippen molar-refractivity contribution in [2.24, 2.45) is 0 Å². The highest BCUT2D eigenvalue weighted by atomic mass is 19.1. The van der Waals surface area contributed by atoms with Gasteiger partial charge < -0.3 is 15.7 Å². The average Bonchev–Trinajstić information content (AvgIpc) is 2.47. The Kier molecular flexibility index (Phi) is 4.20. The topological polar surface area (TPSA) is 61.4 Å². The first-order chi connectivity index (χ1) is 9.60. The highest BCUT2D eigenvalue weighted by Crippen LogP contribution is 2.20. The molecule has 0 aromatic heterocycles. The molecule has 0 bridgehead atoms. The fraction of sp³-hybridized carbons (Fsp3) is 0.133. The van der Waals surface area contributed by atoms with Gasteiger partial charge in [0.1, 0.15) is 11.6 Å². The van der Waals surface area contributed by atoms with Crippen molar-refractivity contribution < 1.29 is 14.3 Å². The number of halogens is 1. The number of aromatic hydroxyl groups is 1. The van der Waals surface area contributed by atoms with E-state index >= 15 is 0 Å². The average molecular weight is 274 g/mol. The molecule has 0 aliphatic carbocycles. The van der Waals surface area contributed by atoms with E-state index in [1.54, 1.807) is 31.3 Å². The summed E-state index contributed by atoms with van der Waals surface area (Å²) in [6.45, 7) is 0.265. The molecule has 3 N–H and O–H groups in total. The monoisotopic (exact) mass is 274 g/mol. The molecule has 2 rings (SSSR count). The standard InChI is InChI=1S/C15H15FN2O2/c1-17-15(20)10-3-2-4-13(8-10)18-9-11-7-12(16)5-6-14(11)19/h2-8,18-19H,9H2,1H3,(H,17,20). The number of nitrogens with one attached hydrogen (secondary N) is 2. The number of anilines is 1. The first-order valence-corrected chi connectivity index (χ1v) is 6.13. The molecule has 0 radical (unpaired) electrons. The predicted molar refractivity (Wildman–Crippen MR) is 75.2 cm³/mol. The quantitative estimate of drug-likeness (QED) is 0.802. The number of amides is 1. The minimum atomic E-state index is -0.404. The van der Waals surface area contributed by atoms with E-state index in [9.17, 15) is 14.3 Å². The molecule has 0 heterocycles. The Balaban J connectivity index is 2.11. The van der Waals surface area contributed by atoms with Crippen molar-refractivity contribution >= 4 is 11.6 Å². The highest BCUT2D eigenvalue weighted by Gasteiger charge is 2.05. The van der Waals surface area contributed by atoms with Gasteiger partial charge in [-0.3, -0.25) is 4.79 Å². The van der Waals surface area contributed by atoms with Crippen molar-refractivity contribution in [1.29, 1.82) is 0 Å². The summed E-state index contributed by atoms with van der Waals surface area (Å²) in [5.41, 5.74) is 1.70. The van der Waals surface area contributed by atoms with Crippen LogP contribution >= 0.6 is 0 Å². The molecule has 0 aliphatic rings. The molecule has 2 aromatic rings. The number of phenolic OH excluding ortho intramolecular Hbond substituents is 1. The SMILES string of the molecule is CNC(=O)c1cccc(NCc2cc(F)ccc2O)c1. The van der Waals surface area contributed by atoms with Gasteiger partial charge in [-0.2, -0.15) is 0 Å². The number of rotatable bonds is 4. The Bertz CT molecular complexity index is 629. The fourth-order valence-electron chi connectivity index (χ4n) is 1.81. The summed E-state index contributed by atoms with van der Waals surface area (Å²) < 4.78 is 13.1. The molecule has 0 aliphatic heterocycles. The first-order valence-electron chi connectivity index (χ1n) is 6.13. The zero-order valence-electron chi connectivity index (χ0n) is 11.0. The van der Waals surface area contributed by atoms with Gasteiger partial charge in [-0.25, -0.2) is 4.39 Å². The minimum absolute atomic E-state index is 0.0290. The molecule has 1 amide bonds. The van der Waals surface area contributed by atoms with Crippen LogP contribution in [0, 0.1) is 5.82 Å². The molecule has 20 heavy (non-hydrogen) atoms. The van der Waals surface area contributed by atoms with Gasteiger partial charge in [0.15, 0.2) is 0 Å².